The van der Waals surface area contributed by atoms with Crippen molar-refractivity contribution in [2.45, 2.75) is 37.0 Å². The third-order valence-electron chi connectivity index (χ3n) is 3.77. The fourth-order valence-corrected chi connectivity index (χ4v) is 4.54. The van der Waals surface area contributed by atoms with Gasteiger partial charge in [0.05, 0.1) is 0 Å². The monoisotopic (exact) mass is 303 g/mol. The van der Waals surface area contributed by atoms with Crippen molar-refractivity contribution >= 4 is 35.0 Å². The Labute approximate surface area is 124 Å². The Balaban J connectivity index is 2.15. The van der Waals surface area contributed by atoms with Crippen LogP contribution in [0, 0.1) is 0 Å². The van der Waals surface area contributed by atoms with Crippen molar-refractivity contribution < 1.29 is 0 Å². The lowest BCUT2D eigenvalue weighted by Gasteiger charge is -2.33. The van der Waals surface area contributed by atoms with Crippen molar-refractivity contribution in [3.63, 3.8) is 0 Å². The summed E-state index contributed by atoms with van der Waals surface area (Å²) in [5.41, 5.74) is 1.18. The summed E-state index contributed by atoms with van der Waals surface area (Å²) in [7, 11) is 2.04. The fourth-order valence-electron chi connectivity index (χ4n) is 2.61. The number of hydrogen-bond donors (Lipinski definition) is 1. The minimum Gasteiger partial charge on any atom is -0.315 e. The van der Waals surface area contributed by atoms with E-state index in [9.17, 15) is 0 Å². The van der Waals surface area contributed by atoms with Crippen molar-refractivity contribution in [2.24, 2.45) is 0 Å². The summed E-state index contributed by atoms with van der Waals surface area (Å²) >= 11 is 14.3. The van der Waals surface area contributed by atoms with E-state index in [0.29, 0.717) is 15.8 Å². The largest absolute Gasteiger partial charge is 0.315 e. The first-order valence-electron chi connectivity index (χ1n) is 6.30. The second-order valence-electron chi connectivity index (χ2n) is 5.05. The van der Waals surface area contributed by atoms with Crippen LogP contribution >= 0.6 is 35.0 Å². The molecule has 1 saturated heterocycles. The Morgan fingerprint density at radius 2 is 2.22 bits per heavy atom. The summed E-state index contributed by atoms with van der Waals surface area (Å²) in [6, 6.07) is 6.23. The zero-order chi connectivity index (χ0) is 13.2. The van der Waals surface area contributed by atoms with Crippen LogP contribution in [0.25, 0.3) is 0 Å². The molecule has 0 spiro atoms. The Hall–Kier alpha value is 0.110. The van der Waals surface area contributed by atoms with Crippen LogP contribution in [0.2, 0.25) is 10.0 Å². The Kier molecular flexibility index (Phi) is 4.87. The van der Waals surface area contributed by atoms with Gasteiger partial charge in [-0.25, -0.2) is 0 Å². The van der Waals surface area contributed by atoms with Crippen LogP contribution in [0.15, 0.2) is 18.2 Å². The molecule has 4 heteroatoms. The molecule has 0 radical (unpaired) electrons. The molecule has 2 atom stereocenters. The van der Waals surface area contributed by atoms with Gasteiger partial charge in [-0.05, 0) is 56.7 Å². The highest BCUT2D eigenvalue weighted by Gasteiger charge is 2.37. The van der Waals surface area contributed by atoms with Crippen LogP contribution in [0.4, 0.5) is 0 Å². The molecule has 0 amide bonds. The number of hydrogen-bond acceptors (Lipinski definition) is 2. The van der Waals surface area contributed by atoms with Crippen molar-refractivity contribution in [3.8, 4) is 0 Å². The molecular formula is C14H19Cl2NS. The number of likely N-dealkylation sites (N-methyl/N-ethyl adjacent to an activating group) is 1. The molecule has 1 N–H and O–H groups in total. The second-order valence-corrected chi connectivity index (χ2v) is 7.52. The van der Waals surface area contributed by atoms with E-state index in [1.54, 1.807) is 0 Å². The molecule has 0 aromatic heterocycles. The maximum Gasteiger partial charge on any atom is 0.0453 e. The molecule has 2 unspecified atom stereocenters. The maximum atomic E-state index is 6.26. The van der Waals surface area contributed by atoms with Gasteiger partial charge in [-0.2, -0.15) is 11.8 Å². The fraction of sp³-hybridized carbons (Fsp3) is 0.571. The molecule has 1 aromatic rings. The van der Waals surface area contributed by atoms with E-state index in [-0.39, 0.29) is 0 Å². The highest BCUT2D eigenvalue weighted by molar-refractivity contribution is 8.00. The topological polar surface area (TPSA) is 12.0 Å². The van der Waals surface area contributed by atoms with E-state index in [1.807, 2.05) is 25.2 Å². The normalized spacial score (nSPS) is 25.3. The highest BCUT2D eigenvalue weighted by atomic mass is 35.5. The van der Waals surface area contributed by atoms with E-state index in [4.69, 9.17) is 23.2 Å². The molecule has 0 saturated carbocycles. The van der Waals surface area contributed by atoms with E-state index in [0.717, 1.165) is 11.4 Å². The Morgan fingerprint density at radius 3 is 2.78 bits per heavy atom. The molecule has 0 bridgehead atoms. The number of benzene rings is 1. The molecule has 2 rings (SSSR count). The van der Waals surface area contributed by atoms with Gasteiger partial charge in [0.15, 0.2) is 0 Å². The molecule has 1 aliphatic heterocycles. The van der Waals surface area contributed by atoms with Crippen LogP contribution in [0.3, 0.4) is 0 Å². The SMILES string of the molecule is CNC(Cc1ccc(Cl)cc1Cl)C1(C)CCCS1. The minimum atomic E-state index is 0.317. The Morgan fingerprint density at radius 1 is 1.44 bits per heavy atom. The average molecular weight is 304 g/mol. The zero-order valence-electron chi connectivity index (χ0n) is 10.8. The summed E-state index contributed by atoms with van der Waals surface area (Å²) in [4.78, 5) is 0. The smallest absolute Gasteiger partial charge is 0.0453 e. The first-order chi connectivity index (χ1) is 8.55. The summed E-state index contributed by atoms with van der Waals surface area (Å²) in [5, 5.41) is 4.94. The molecule has 100 valence electrons. The average Bonchev–Trinajstić information content (AvgIpc) is 2.76. The molecule has 1 aromatic carbocycles. The third kappa shape index (κ3) is 3.16. The van der Waals surface area contributed by atoms with Crippen LogP contribution in [-0.2, 0) is 6.42 Å². The first-order valence-corrected chi connectivity index (χ1v) is 8.04. The zero-order valence-corrected chi connectivity index (χ0v) is 13.1. The van der Waals surface area contributed by atoms with Crippen LogP contribution < -0.4 is 5.32 Å². The lowest BCUT2D eigenvalue weighted by Crippen LogP contribution is -2.45. The molecule has 18 heavy (non-hydrogen) atoms. The van der Waals surface area contributed by atoms with Gasteiger partial charge in [-0.1, -0.05) is 29.3 Å². The van der Waals surface area contributed by atoms with Crippen molar-refractivity contribution in [3.05, 3.63) is 33.8 Å². The van der Waals surface area contributed by atoms with Crippen LogP contribution in [0.1, 0.15) is 25.3 Å². The van der Waals surface area contributed by atoms with Crippen molar-refractivity contribution in [1.82, 2.24) is 5.32 Å². The summed E-state index contributed by atoms with van der Waals surface area (Å²) in [6.07, 6.45) is 3.54. The highest BCUT2D eigenvalue weighted by Crippen LogP contribution is 2.41. The maximum absolute atomic E-state index is 6.26. The molecule has 1 nitrogen and oxygen atoms in total. The van der Waals surface area contributed by atoms with Gasteiger partial charge in [0.1, 0.15) is 0 Å². The Bertz CT molecular complexity index is 416. The number of halogens is 2. The van der Waals surface area contributed by atoms with E-state index < -0.39 is 0 Å². The van der Waals surface area contributed by atoms with Crippen LogP contribution in [0.5, 0.6) is 0 Å². The van der Waals surface area contributed by atoms with E-state index >= 15 is 0 Å². The van der Waals surface area contributed by atoms with E-state index in [2.05, 4.69) is 24.0 Å². The summed E-state index contributed by atoms with van der Waals surface area (Å²) < 4.78 is 0.317. The molecule has 1 aliphatic rings. The van der Waals surface area contributed by atoms with E-state index in [1.165, 1.54) is 24.2 Å². The molecular weight excluding hydrogens is 285 g/mol. The lowest BCUT2D eigenvalue weighted by atomic mass is 9.91. The summed E-state index contributed by atoms with van der Waals surface area (Å²) in [6.45, 7) is 2.36. The van der Waals surface area contributed by atoms with Gasteiger partial charge >= 0.3 is 0 Å². The molecule has 1 fully saturated rings. The molecule has 0 aliphatic carbocycles. The number of thioether (sulfide) groups is 1. The van der Waals surface area contributed by atoms with Gasteiger partial charge in [-0.15, -0.1) is 0 Å². The first kappa shape index (κ1) is 14.5. The van der Waals surface area contributed by atoms with Gasteiger partial charge in [-0.3, -0.25) is 0 Å². The number of rotatable bonds is 4. The predicted molar refractivity (Wildman–Crippen MR) is 83.1 cm³/mol. The lowest BCUT2D eigenvalue weighted by molar-refractivity contribution is 0.424. The standard InChI is InChI=1S/C14H19Cl2NS/c1-14(6-3-7-18-14)13(17-2)8-10-4-5-11(15)9-12(10)16/h4-5,9,13,17H,3,6-8H2,1-2H3. The van der Waals surface area contributed by atoms with Gasteiger partial charge in [0.2, 0.25) is 0 Å². The predicted octanol–water partition coefficient (Wildman–Crippen LogP) is 4.41. The van der Waals surface area contributed by atoms with Gasteiger partial charge < -0.3 is 5.32 Å². The molecule has 1 heterocycles. The quantitative estimate of drug-likeness (QED) is 0.884. The van der Waals surface area contributed by atoms with Gasteiger partial charge in [0, 0.05) is 20.8 Å². The third-order valence-corrected chi connectivity index (χ3v) is 6.00. The van der Waals surface area contributed by atoms with Gasteiger partial charge in [0.25, 0.3) is 0 Å². The number of nitrogens with one attached hydrogen (secondary N) is 1. The van der Waals surface area contributed by atoms with Crippen LogP contribution in [-0.4, -0.2) is 23.6 Å². The summed E-state index contributed by atoms with van der Waals surface area (Å²) in [5.74, 6) is 1.27. The second kappa shape index (κ2) is 6.04. The van der Waals surface area contributed by atoms with Crippen molar-refractivity contribution in [1.29, 1.82) is 0 Å². The minimum absolute atomic E-state index is 0.317. The van der Waals surface area contributed by atoms with Crippen molar-refractivity contribution in [2.75, 3.05) is 12.8 Å².